The predicted molar refractivity (Wildman–Crippen MR) is 119 cm³/mol. The predicted octanol–water partition coefficient (Wildman–Crippen LogP) is 6.95. The third-order valence-corrected chi connectivity index (χ3v) is 6.25. The molecule has 30 heavy (non-hydrogen) atoms. The maximum atomic E-state index is 12.4. The van der Waals surface area contributed by atoms with Crippen LogP contribution in [0.25, 0.3) is 0 Å². The molecule has 0 N–H and O–H groups in total. The van der Waals surface area contributed by atoms with Gasteiger partial charge < -0.3 is 18.1 Å². The molecule has 0 spiro atoms. The summed E-state index contributed by atoms with van der Waals surface area (Å²) < 4.78 is 46.7. The molecule has 160 valence electrons. The lowest BCUT2D eigenvalue weighted by molar-refractivity contribution is 0.356. The van der Waals surface area contributed by atoms with E-state index >= 15 is 0 Å². The Kier molecular flexibility index (Phi) is 7.47. The summed E-state index contributed by atoms with van der Waals surface area (Å²) in [5.74, 6) is 1.77. The van der Waals surface area contributed by atoms with Crippen LogP contribution >= 0.6 is 16.5 Å². The van der Waals surface area contributed by atoms with Crippen molar-refractivity contribution in [2.24, 2.45) is 0 Å². The molecule has 2 unspecified atom stereocenters. The van der Waals surface area contributed by atoms with Gasteiger partial charge in [-0.05, 0) is 74.9 Å². The lowest BCUT2D eigenvalue weighted by atomic mass is 10.00. The number of hydrogen-bond donors (Lipinski definition) is 0. The standard InChI is InChI=1S/C22H26O6P2/c1-15-8-5-9-16(2)21(15)27-29(23)25-19-12-7-13-20(14-19)26-30(24)28-22-17(3)10-6-11-18(22)4/h5,7-10,12-14,29-30H,6,11H2,1-4H3. The number of para-hydroxylation sites is 1. The highest BCUT2D eigenvalue weighted by molar-refractivity contribution is 7.34. The Balaban J connectivity index is 1.62. The van der Waals surface area contributed by atoms with Crippen molar-refractivity contribution in [3.63, 3.8) is 0 Å². The van der Waals surface area contributed by atoms with Crippen LogP contribution < -0.4 is 13.6 Å². The van der Waals surface area contributed by atoms with Crippen molar-refractivity contribution in [2.45, 2.75) is 40.5 Å². The molecule has 0 radical (unpaired) electrons. The molecule has 2 atom stereocenters. The van der Waals surface area contributed by atoms with Crippen LogP contribution in [-0.4, -0.2) is 0 Å². The van der Waals surface area contributed by atoms with Gasteiger partial charge in [-0.2, -0.15) is 0 Å². The van der Waals surface area contributed by atoms with E-state index in [1.165, 1.54) is 6.07 Å². The highest BCUT2D eigenvalue weighted by atomic mass is 31.1. The van der Waals surface area contributed by atoms with E-state index in [0.29, 0.717) is 23.0 Å². The van der Waals surface area contributed by atoms with E-state index in [1.54, 1.807) is 18.2 Å². The lowest BCUT2D eigenvalue weighted by Crippen LogP contribution is -1.99. The number of allylic oxidation sites excluding steroid dienone is 3. The van der Waals surface area contributed by atoms with Gasteiger partial charge in [-0.3, -0.25) is 0 Å². The Hall–Kier alpha value is -2.42. The zero-order valence-corrected chi connectivity index (χ0v) is 19.5. The van der Waals surface area contributed by atoms with Crippen LogP contribution in [0, 0.1) is 13.8 Å². The summed E-state index contributed by atoms with van der Waals surface area (Å²) in [6.45, 7) is 7.65. The van der Waals surface area contributed by atoms with Gasteiger partial charge in [-0.15, -0.1) is 0 Å². The molecule has 0 fully saturated rings. The first-order valence-corrected chi connectivity index (χ1v) is 12.1. The van der Waals surface area contributed by atoms with Crippen molar-refractivity contribution in [2.75, 3.05) is 0 Å². The molecule has 0 bridgehead atoms. The molecular formula is C22H26O6P2. The van der Waals surface area contributed by atoms with E-state index in [2.05, 4.69) is 6.08 Å². The monoisotopic (exact) mass is 448 g/mol. The summed E-state index contributed by atoms with van der Waals surface area (Å²) in [4.78, 5) is 0. The zero-order valence-electron chi connectivity index (χ0n) is 17.5. The van der Waals surface area contributed by atoms with Crippen LogP contribution in [0.2, 0.25) is 0 Å². The van der Waals surface area contributed by atoms with Crippen molar-refractivity contribution >= 4 is 16.5 Å². The minimum atomic E-state index is -2.84. The van der Waals surface area contributed by atoms with Crippen LogP contribution in [-0.2, 0) is 13.7 Å². The Morgan fingerprint density at radius 1 is 0.767 bits per heavy atom. The average molecular weight is 448 g/mol. The van der Waals surface area contributed by atoms with Crippen molar-refractivity contribution < 1.29 is 27.2 Å². The summed E-state index contributed by atoms with van der Waals surface area (Å²) in [6.07, 6.45) is 3.88. The molecule has 2 aromatic rings. The Morgan fingerprint density at radius 3 is 1.93 bits per heavy atom. The van der Waals surface area contributed by atoms with Gasteiger partial charge in [-0.25, -0.2) is 9.13 Å². The maximum Gasteiger partial charge on any atom is 0.418 e. The highest BCUT2D eigenvalue weighted by Crippen LogP contribution is 2.39. The van der Waals surface area contributed by atoms with E-state index in [9.17, 15) is 9.13 Å². The summed E-state index contributed by atoms with van der Waals surface area (Å²) in [7, 11) is -5.66. The van der Waals surface area contributed by atoms with Gasteiger partial charge in [0.2, 0.25) is 0 Å². The Labute approximate surface area is 178 Å². The number of benzene rings is 2. The second kappa shape index (κ2) is 10.1. The minimum absolute atomic E-state index is 0.293. The van der Waals surface area contributed by atoms with Crippen LogP contribution in [0.4, 0.5) is 0 Å². The summed E-state index contributed by atoms with van der Waals surface area (Å²) >= 11 is 0. The summed E-state index contributed by atoms with van der Waals surface area (Å²) in [5, 5.41) is 0. The van der Waals surface area contributed by atoms with Crippen molar-refractivity contribution in [3.8, 4) is 17.2 Å². The number of rotatable bonds is 8. The van der Waals surface area contributed by atoms with E-state index < -0.39 is 16.5 Å². The van der Waals surface area contributed by atoms with E-state index in [1.807, 2.05) is 45.9 Å². The van der Waals surface area contributed by atoms with Gasteiger partial charge in [-0.1, -0.05) is 30.3 Å². The molecule has 0 amide bonds. The highest BCUT2D eigenvalue weighted by Gasteiger charge is 2.15. The molecule has 0 aliphatic heterocycles. The molecule has 0 saturated carbocycles. The van der Waals surface area contributed by atoms with Gasteiger partial charge in [0.15, 0.2) is 0 Å². The smallest absolute Gasteiger partial charge is 0.418 e. The fourth-order valence-corrected chi connectivity index (χ4v) is 4.89. The van der Waals surface area contributed by atoms with Gasteiger partial charge >= 0.3 is 16.5 Å². The van der Waals surface area contributed by atoms with Gasteiger partial charge in [0.05, 0.1) is 0 Å². The second-order valence-electron chi connectivity index (χ2n) is 7.14. The molecule has 2 aromatic carbocycles. The lowest BCUT2D eigenvalue weighted by Gasteiger charge is -2.18. The topological polar surface area (TPSA) is 71.1 Å². The Bertz CT molecular complexity index is 1020. The van der Waals surface area contributed by atoms with Crippen LogP contribution in [0.3, 0.4) is 0 Å². The fraction of sp³-hybridized carbons (Fsp3) is 0.273. The third kappa shape index (κ3) is 5.81. The van der Waals surface area contributed by atoms with Crippen molar-refractivity contribution in [1.82, 2.24) is 0 Å². The number of aryl methyl sites for hydroxylation is 2. The first-order valence-electron chi connectivity index (χ1n) is 9.66. The van der Waals surface area contributed by atoms with Gasteiger partial charge in [0, 0.05) is 6.07 Å². The fourth-order valence-electron chi connectivity index (χ4n) is 3.18. The van der Waals surface area contributed by atoms with Crippen molar-refractivity contribution in [3.05, 3.63) is 76.6 Å². The molecule has 0 heterocycles. The zero-order chi connectivity index (χ0) is 21.7. The van der Waals surface area contributed by atoms with E-state index in [0.717, 1.165) is 35.1 Å². The van der Waals surface area contributed by atoms with Crippen LogP contribution in [0.15, 0.2) is 65.4 Å². The SMILES string of the molecule is CC1=CCCC(C)=C1O[PH](=O)Oc1cccc(O[PH](=O)Oc2c(C)cccc2C)c1. The van der Waals surface area contributed by atoms with Gasteiger partial charge in [0.25, 0.3) is 0 Å². The first-order chi connectivity index (χ1) is 14.3. The Morgan fingerprint density at radius 2 is 1.33 bits per heavy atom. The molecule has 1 aliphatic rings. The van der Waals surface area contributed by atoms with Crippen molar-refractivity contribution in [1.29, 1.82) is 0 Å². The molecule has 0 saturated heterocycles. The molecule has 8 heteroatoms. The van der Waals surface area contributed by atoms with Gasteiger partial charge in [0.1, 0.15) is 23.0 Å². The quantitative estimate of drug-likeness (QED) is 0.407. The van der Waals surface area contributed by atoms with Crippen LogP contribution in [0.5, 0.6) is 17.2 Å². The second-order valence-corrected chi connectivity index (χ2v) is 8.96. The normalized spacial score (nSPS) is 15.8. The maximum absolute atomic E-state index is 12.4. The van der Waals surface area contributed by atoms with Crippen LogP contribution in [0.1, 0.15) is 37.8 Å². The molecule has 0 aromatic heterocycles. The molecule has 1 aliphatic carbocycles. The molecule has 6 nitrogen and oxygen atoms in total. The summed E-state index contributed by atoms with van der Waals surface area (Å²) in [6, 6.07) is 12.1. The molecular weight excluding hydrogens is 422 g/mol. The molecule has 3 rings (SSSR count). The average Bonchev–Trinajstić information content (AvgIpc) is 2.68. The number of hydrogen-bond acceptors (Lipinski definition) is 6. The van der Waals surface area contributed by atoms with E-state index in [-0.39, 0.29) is 0 Å². The van der Waals surface area contributed by atoms with E-state index in [4.69, 9.17) is 18.1 Å². The first kappa shape index (κ1) is 22.3. The largest absolute Gasteiger partial charge is 0.418 e. The minimum Gasteiger partial charge on any atom is -0.418 e. The third-order valence-electron chi connectivity index (χ3n) is 4.70. The summed E-state index contributed by atoms with van der Waals surface area (Å²) in [5.41, 5.74) is 3.76.